The summed E-state index contributed by atoms with van der Waals surface area (Å²) in [5, 5.41) is 13.1. The second-order valence-corrected chi connectivity index (χ2v) is 6.35. The second-order valence-electron chi connectivity index (χ2n) is 4.05. The van der Waals surface area contributed by atoms with E-state index >= 15 is 0 Å². The summed E-state index contributed by atoms with van der Waals surface area (Å²) in [6.45, 7) is 6.92. The molecule has 0 aromatic heterocycles. The average molecular weight is 239 g/mol. The number of hydrogen-bond acceptors (Lipinski definition) is 5. The van der Waals surface area contributed by atoms with E-state index in [1.165, 1.54) is 14.2 Å². The van der Waals surface area contributed by atoms with Crippen LogP contribution in [0.15, 0.2) is 0 Å². The van der Waals surface area contributed by atoms with Gasteiger partial charge in [-0.3, -0.25) is 4.57 Å². The molecule has 0 saturated heterocycles. The minimum Gasteiger partial charge on any atom is -0.380 e. The lowest BCUT2D eigenvalue weighted by Crippen LogP contribution is -2.39. The van der Waals surface area contributed by atoms with Crippen molar-refractivity contribution < 1.29 is 18.7 Å². The topological polar surface area (TPSA) is 67.8 Å². The zero-order valence-corrected chi connectivity index (χ0v) is 11.0. The lowest BCUT2D eigenvalue weighted by molar-refractivity contribution is 0.0803. The van der Waals surface area contributed by atoms with Crippen molar-refractivity contribution >= 4 is 7.60 Å². The number of aliphatic hydroxyl groups is 1. The van der Waals surface area contributed by atoms with Crippen LogP contribution in [0.5, 0.6) is 0 Å². The normalized spacial score (nSPS) is 15.3. The lowest BCUT2D eigenvalue weighted by atomic mass is 9.94. The zero-order valence-electron chi connectivity index (χ0n) is 10.1. The highest BCUT2D eigenvalue weighted by Crippen LogP contribution is 2.55. The predicted molar refractivity (Wildman–Crippen MR) is 60.0 cm³/mol. The highest BCUT2D eigenvalue weighted by atomic mass is 31.2. The van der Waals surface area contributed by atoms with Gasteiger partial charge in [-0.05, 0) is 6.54 Å². The lowest BCUT2D eigenvalue weighted by Gasteiger charge is -2.33. The molecule has 0 spiro atoms. The minimum absolute atomic E-state index is 0.543. The number of nitrogens with one attached hydrogen (secondary N) is 1. The molecule has 0 fully saturated rings. The van der Waals surface area contributed by atoms with E-state index in [2.05, 4.69) is 5.32 Å². The summed E-state index contributed by atoms with van der Waals surface area (Å²) in [7, 11) is -0.869. The molecule has 92 valence electrons. The quantitative estimate of drug-likeness (QED) is 0.658. The molecule has 0 aromatic rings. The zero-order chi connectivity index (χ0) is 12.1. The van der Waals surface area contributed by atoms with Gasteiger partial charge in [0.1, 0.15) is 0 Å². The first kappa shape index (κ1) is 15.1. The Labute approximate surface area is 91.7 Å². The molecule has 1 atom stereocenters. The summed E-state index contributed by atoms with van der Waals surface area (Å²) in [6, 6.07) is 0. The molecule has 0 rings (SSSR count). The SMILES string of the molecule is CCNCC(C)(C)C(O)P(=O)(OC)OC. The van der Waals surface area contributed by atoms with Gasteiger partial charge in [-0.25, -0.2) is 0 Å². The van der Waals surface area contributed by atoms with Crippen molar-refractivity contribution in [3.05, 3.63) is 0 Å². The Balaban J connectivity index is 4.65. The molecule has 0 aromatic carbocycles. The molecule has 0 aliphatic heterocycles. The van der Waals surface area contributed by atoms with Crippen LogP contribution in [0.3, 0.4) is 0 Å². The van der Waals surface area contributed by atoms with Crippen molar-refractivity contribution in [2.24, 2.45) is 5.41 Å². The molecule has 0 amide bonds. The first-order chi connectivity index (χ1) is 6.84. The van der Waals surface area contributed by atoms with Crippen LogP contribution in [0.25, 0.3) is 0 Å². The third kappa shape index (κ3) is 3.85. The van der Waals surface area contributed by atoms with Gasteiger partial charge in [-0.15, -0.1) is 0 Å². The van der Waals surface area contributed by atoms with Crippen molar-refractivity contribution in [3.8, 4) is 0 Å². The summed E-state index contributed by atoms with van der Waals surface area (Å²) < 4.78 is 21.5. The van der Waals surface area contributed by atoms with Gasteiger partial charge in [-0.1, -0.05) is 20.8 Å². The smallest absolute Gasteiger partial charge is 0.358 e. The van der Waals surface area contributed by atoms with E-state index in [1.54, 1.807) is 0 Å². The van der Waals surface area contributed by atoms with E-state index in [1.807, 2.05) is 20.8 Å². The van der Waals surface area contributed by atoms with Crippen molar-refractivity contribution in [2.45, 2.75) is 26.6 Å². The van der Waals surface area contributed by atoms with E-state index in [4.69, 9.17) is 9.05 Å². The molecule has 5 nitrogen and oxygen atoms in total. The Hall–Kier alpha value is 0.0700. The molecule has 15 heavy (non-hydrogen) atoms. The number of rotatable bonds is 7. The minimum atomic E-state index is -3.42. The predicted octanol–water partition coefficient (Wildman–Crippen LogP) is 1.43. The first-order valence-electron chi connectivity index (χ1n) is 4.94. The number of aliphatic hydroxyl groups excluding tert-OH is 1. The van der Waals surface area contributed by atoms with Crippen molar-refractivity contribution in [3.63, 3.8) is 0 Å². The van der Waals surface area contributed by atoms with Crippen molar-refractivity contribution in [1.29, 1.82) is 0 Å². The van der Waals surface area contributed by atoms with Gasteiger partial charge in [0.2, 0.25) is 0 Å². The molecule has 0 heterocycles. The largest absolute Gasteiger partial charge is 0.380 e. The molecule has 0 aliphatic carbocycles. The summed E-state index contributed by atoms with van der Waals surface area (Å²) >= 11 is 0. The fraction of sp³-hybridized carbons (Fsp3) is 1.00. The van der Waals surface area contributed by atoms with Crippen LogP contribution in [-0.4, -0.2) is 38.3 Å². The summed E-state index contributed by atoms with van der Waals surface area (Å²) in [5.41, 5.74) is -0.572. The fourth-order valence-electron chi connectivity index (χ4n) is 1.24. The third-order valence-corrected chi connectivity index (χ3v) is 4.65. The van der Waals surface area contributed by atoms with E-state index in [-0.39, 0.29) is 0 Å². The van der Waals surface area contributed by atoms with Crippen LogP contribution in [0.2, 0.25) is 0 Å². The molecule has 2 N–H and O–H groups in total. The molecule has 0 radical (unpaired) electrons. The van der Waals surface area contributed by atoms with E-state index in [0.717, 1.165) is 6.54 Å². The highest BCUT2D eigenvalue weighted by molar-refractivity contribution is 7.54. The van der Waals surface area contributed by atoms with Crippen LogP contribution < -0.4 is 5.32 Å². The standard InChI is InChI=1S/C9H22NO4P/c1-6-10-7-9(2,3)8(11)15(12,13-4)14-5/h8,10-11H,6-7H2,1-5H3. The average Bonchev–Trinajstić information content (AvgIpc) is 2.24. The Bertz CT molecular complexity index is 224. The van der Waals surface area contributed by atoms with Gasteiger partial charge in [0.15, 0.2) is 5.85 Å². The van der Waals surface area contributed by atoms with Crippen molar-refractivity contribution in [1.82, 2.24) is 5.32 Å². The highest BCUT2D eigenvalue weighted by Gasteiger charge is 2.43. The summed E-state index contributed by atoms with van der Waals surface area (Å²) in [4.78, 5) is 0. The van der Waals surface area contributed by atoms with Gasteiger partial charge in [0.25, 0.3) is 0 Å². The molecule has 1 unspecified atom stereocenters. The van der Waals surface area contributed by atoms with E-state index < -0.39 is 18.9 Å². The van der Waals surface area contributed by atoms with Crippen molar-refractivity contribution in [2.75, 3.05) is 27.3 Å². The molecule has 0 aliphatic rings. The van der Waals surface area contributed by atoms with Gasteiger partial charge in [-0.2, -0.15) is 0 Å². The summed E-state index contributed by atoms with van der Waals surface area (Å²) in [6.07, 6.45) is 0. The van der Waals surface area contributed by atoms with E-state index in [9.17, 15) is 9.67 Å². The first-order valence-corrected chi connectivity index (χ1v) is 6.55. The Morgan fingerprint density at radius 1 is 1.40 bits per heavy atom. The van der Waals surface area contributed by atoms with Crippen LogP contribution in [0.4, 0.5) is 0 Å². The van der Waals surface area contributed by atoms with Gasteiger partial charge in [0.05, 0.1) is 0 Å². The van der Waals surface area contributed by atoms with Crippen LogP contribution in [-0.2, 0) is 13.6 Å². The van der Waals surface area contributed by atoms with Gasteiger partial charge >= 0.3 is 7.60 Å². The van der Waals surface area contributed by atoms with Crippen LogP contribution >= 0.6 is 7.60 Å². The van der Waals surface area contributed by atoms with Crippen LogP contribution in [0, 0.1) is 5.41 Å². The molecule has 0 bridgehead atoms. The Morgan fingerprint density at radius 2 is 1.87 bits per heavy atom. The Morgan fingerprint density at radius 3 is 2.20 bits per heavy atom. The van der Waals surface area contributed by atoms with Gasteiger partial charge < -0.3 is 19.5 Å². The summed E-state index contributed by atoms with van der Waals surface area (Å²) in [5.74, 6) is -1.14. The monoisotopic (exact) mass is 239 g/mol. The maximum atomic E-state index is 11.9. The van der Waals surface area contributed by atoms with E-state index in [0.29, 0.717) is 6.54 Å². The molecular formula is C9H22NO4P. The maximum absolute atomic E-state index is 11.9. The van der Waals surface area contributed by atoms with Gasteiger partial charge in [0, 0.05) is 26.2 Å². The van der Waals surface area contributed by atoms with Crippen LogP contribution in [0.1, 0.15) is 20.8 Å². The fourth-order valence-corrected chi connectivity index (χ4v) is 2.74. The molecule has 6 heteroatoms. The maximum Gasteiger partial charge on any atom is 0.358 e. The second kappa shape index (κ2) is 5.97. The molecule has 0 saturated carbocycles. The Kier molecular flexibility index (Phi) is 5.99. The number of hydrogen-bond donors (Lipinski definition) is 2. The third-order valence-electron chi connectivity index (χ3n) is 2.34. The molecular weight excluding hydrogens is 217 g/mol.